The number of hydrogen-bond acceptors (Lipinski definition) is 1. The van der Waals surface area contributed by atoms with Crippen LogP contribution in [0.15, 0.2) is 29.3 Å². The van der Waals surface area contributed by atoms with Crippen LogP contribution >= 0.6 is 0 Å². The summed E-state index contributed by atoms with van der Waals surface area (Å²) in [5, 5.41) is 0. The average molecular weight is 259 g/mol. The van der Waals surface area contributed by atoms with Gasteiger partial charge in [0.1, 0.15) is 0 Å². The molecule has 1 aromatic rings. The third kappa shape index (κ3) is 7.81. The maximum atomic E-state index is 4.44. The monoisotopic (exact) mass is 259 g/mol. The molecule has 1 heteroatoms. The van der Waals surface area contributed by atoms with Gasteiger partial charge in [0, 0.05) is 6.21 Å². The van der Waals surface area contributed by atoms with Crippen molar-refractivity contribution in [2.45, 2.75) is 71.6 Å². The lowest BCUT2D eigenvalue weighted by Gasteiger charge is -2.02. The summed E-state index contributed by atoms with van der Waals surface area (Å²) < 4.78 is 0. The van der Waals surface area contributed by atoms with Crippen LogP contribution in [0.4, 0.5) is 5.69 Å². The molecule has 106 valence electrons. The zero-order valence-electron chi connectivity index (χ0n) is 12.7. The van der Waals surface area contributed by atoms with Crippen LogP contribution in [0.3, 0.4) is 0 Å². The lowest BCUT2D eigenvalue weighted by atomic mass is 10.0. The second-order valence-corrected chi connectivity index (χ2v) is 5.28. The molecule has 0 aliphatic rings. The Morgan fingerprint density at radius 1 is 0.842 bits per heavy atom. The highest BCUT2D eigenvalue weighted by atomic mass is 14.7. The molecule has 0 atom stereocenters. The van der Waals surface area contributed by atoms with Crippen molar-refractivity contribution in [1.29, 1.82) is 0 Å². The van der Waals surface area contributed by atoms with Crippen LogP contribution in [0.2, 0.25) is 0 Å². The molecule has 0 N–H and O–H groups in total. The third-order valence-electron chi connectivity index (χ3n) is 3.41. The smallest absolute Gasteiger partial charge is 0.0625 e. The molecule has 1 aromatic carbocycles. The van der Waals surface area contributed by atoms with Gasteiger partial charge in [-0.1, -0.05) is 64.5 Å². The Balaban J connectivity index is 2.20. The Kier molecular flexibility index (Phi) is 9.05. The summed E-state index contributed by atoms with van der Waals surface area (Å²) >= 11 is 0. The summed E-state index contributed by atoms with van der Waals surface area (Å²) in [5.41, 5.74) is 2.53. The predicted molar refractivity (Wildman–Crippen MR) is 86.6 cm³/mol. The van der Waals surface area contributed by atoms with E-state index in [9.17, 15) is 0 Å². The van der Waals surface area contributed by atoms with Gasteiger partial charge in [0.25, 0.3) is 0 Å². The van der Waals surface area contributed by atoms with Gasteiger partial charge in [-0.05, 0) is 37.0 Å². The Hall–Kier alpha value is -1.11. The Labute approximate surface area is 119 Å². The van der Waals surface area contributed by atoms with Crippen LogP contribution in [0, 0.1) is 0 Å². The fraction of sp³-hybridized carbons (Fsp3) is 0.611. The van der Waals surface area contributed by atoms with E-state index in [4.69, 9.17) is 0 Å². The Morgan fingerprint density at radius 2 is 1.53 bits per heavy atom. The van der Waals surface area contributed by atoms with Crippen LogP contribution < -0.4 is 0 Å². The number of benzene rings is 1. The number of hydrogen-bond donors (Lipinski definition) is 0. The molecule has 0 amide bonds. The summed E-state index contributed by atoms with van der Waals surface area (Å²) in [7, 11) is 0. The van der Waals surface area contributed by atoms with Crippen molar-refractivity contribution in [2.24, 2.45) is 4.99 Å². The second-order valence-electron chi connectivity index (χ2n) is 5.28. The summed E-state index contributed by atoms with van der Waals surface area (Å²) in [5.74, 6) is 0. The molecule has 0 aliphatic carbocycles. The largest absolute Gasteiger partial charge is 0.261 e. The normalized spacial score (nSPS) is 11.3. The SMILES string of the molecule is CCCC=Nc1ccc(CCCCCCCC)cc1. The molecule has 0 aromatic heterocycles. The first-order valence-corrected chi connectivity index (χ1v) is 7.98. The number of aryl methyl sites for hydroxylation is 1. The topological polar surface area (TPSA) is 12.4 Å². The number of aliphatic imine (C=N–C) groups is 1. The lowest BCUT2D eigenvalue weighted by Crippen LogP contribution is -1.85. The molecular formula is C18H29N. The van der Waals surface area contributed by atoms with Crippen LogP contribution in [0.25, 0.3) is 0 Å². The number of nitrogens with zero attached hydrogens (tertiary/aromatic N) is 1. The van der Waals surface area contributed by atoms with Crippen LogP contribution in [-0.4, -0.2) is 6.21 Å². The van der Waals surface area contributed by atoms with Crippen molar-refractivity contribution in [3.8, 4) is 0 Å². The lowest BCUT2D eigenvalue weighted by molar-refractivity contribution is 0.607. The van der Waals surface area contributed by atoms with Crippen molar-refractivity contribution in [1.82, 2.24) is 0 Å². The van der Waals surface area contributed by atoms with Gasteiger partial charge in [-0.2, -0.15) is 0 Å². The van der Waals surface area contributed by atoms with Crippen LogP contribution in [0.5, 0.6) is 0 Å². The Bertz CT molecular complexity index is 337. The van der Waals surface area contributed by atoms with E-state index in [1.165, 1.54) is 56.9 Å². The van der Waals surface area contributed by atoms with Gasteiger partial charge in [-0.25, -0.2) is 0 Å². The first kappa shape index (κ1) is 15.9. The van der Waals surface area contributed by atoms with Gasteiger partial charge in [-0.15, -0.1) is 0 Å². The summed E-state index contributed by atoms with van der Waals surface area (Å²) in [4.78, 5) is 4.44. The van der Waals surface area contributed by atoms with Crippen molar-refractivity contribution in [3.63, 3.8) is 0 Å². The minimum atomic E-state index is 1.07. The molecule has 0 saturated carbocycles. The van der Waals surface area contributed by atoms with E-state index in [2.05, 4.69) is 43.1 Å². The zero-order chi connectivity index (χ0) is 13.8. The fourth-order valence-electron chi connectivity index (χ4n) is 2.16. The van der Waals surface area contributed by atoms with Crippen molar-refractivity contribution in [2.75, 3.05) is 0 Å². The molecule has 0 fully saturated rings. The van der Waals surface area contributed by atoms with Gasteiger partial charge in [-0.3, -0.25) is 4.99 Å². The molecule has 0 bridgehead atoms. The van der Waals surface area contributed by atoms with Crippen molar-refractivity contribution >= 4 is 11.9 Å². The van der Waals surface area contributed by atoms with E-state index in [1.807, 2.05) is 6.21 Å². The maximum Gasteiger partial charge on any atom is 0.0625 e. The van der Waals surface area contributed by atoms with E-state index in [0.29, 0.717) is 0 Å². The van der Waals surface area contributed by atoms with Crippen LogP contribution in [-0.2, 0) is 6.42 Å². The van der Waals surface area contributed by atoms with Gasteiger partial charge < -0.3 is 0 Å². The van der Waals surface area contributed by atoms with E-state index in [1.54, 1.807) is 0 Å². The first-order chi connectivity index (χ1) is 9.36. The van der Waals surface area contributed by atoms with Gasteiger partial charge in [0.2, 0.25) is 0 Å². The molecule has 1 rings (SSSR count). The molecular weight excluding hydrogens is 230 g/mol. The molecule has 0 heterocycles. The Morgan fingerprint density at radius 3 is 2.21 bits per heavy atom. The van der Waals surface area contributed by atoms with Gasteiger partial charge >= 0.3 is 0 Å². The molecule has 0 saturated heterocycles. The molecule has 0 spiro atoms. The molecule has 19 heavy (non-hydrogen) atoms. The standard InChI is InChI=1S/C18H29N/c1-3-5-7-8-9-10-11-17-12-14-18(15-13-17)19-16-6-4-2/h12-16H,3-11H2,1-2H3. The van der Waals surface area contributed by atoms with E-state index >= 15 is 0 Å². The quantitative estimate of drug-likeness (QED) is 0.356. The molecule has 1 nitrogen and oxygen atoms in total. The second kappa shape index (κ2) is 10.8. The third-order valence-corrected chi connectivity index (χ3v) is 3.41. The molecule has 0 radical (unpaired) electrons. The van der Waals surface area contributed by atoms with Crippen molar-refractivity contribution in [3.05, 3.63) is 29.8 Å². The van der Waals surface area contributed by atoms with Crippen LogP contribution in [0.1, 0.15) is 70.8 Å². The maximum absolute atomic E-state index is 4.44. The highest BCUT2D eigenvalue weighted by molar-refractivity contribution is 5.63. The zero-order valence-corrected chi connectivity index (χ0v) is 12.7. The summed E-state index contributed by atoms with van der Waals surface area (Å²) in [6, 6.07) is 8.73. The minimum Gasteiger partial charge on any atom is -0.261 e. The average Bonchev–Trinajstić information content (AvgIpc) is 2.44. The minimum absolute atomic E-state index is 1.07. The van der Waals surface area contributed by atoms with E-state index in [0.717, 1.165) is 12.1 Å². The molecule has 0 unspecified atom stereocenters. The predicted octanol–water partition coefficient (Wildman–Crippen LogP) is 6.09. The highest BCUT2D eigenvalue weighted by Crippen LogP contribution is 2.15. The number of unbranched alkanes of at least 4 members (excludes halogenated alkanes) is 6. The van der Waals surface area contributed by atoms with Gasteiger partial charge in [0.15, 0.2) is 0 Å². The number of rotatable bonds is 10. The fourth-order valence-corrected chi connectivity index (χ4v) is 2.16. The van der Waals surface area contributed by atoms with E-state index in [-0.39, 0.29) is 0 Å². The van der Waals surface area contributed by atoms with E-state index < -0.39 is 0 Å². The highest BCUT2D eigenvalue weighted by Gasteiger charge is 1.95. The summed E-state index contributed by atoms with van der Waals surface area (Å²) in [6.07, 6.45) is 13.7. The van der Waals surface area contributed by atoms with Gasteiger partial charge in [0.05, 0.1) is 5.69 Å². The van der Waals surface area contributed by atoms with Crippen molar-refractivity contribution < 1.29 is 0 Å². The summed E-state index contributed by atoms with van der Waals surface area (Å²) in [6.45, 7) is 4.44. The molecule has 0 aliphatic heterocycles. The first-order valence-electron chi connectivity index (χ1n) is 7.98.